The molecule has 238 valence electrons. The Kier molecular flexibility index (Phi) is 4.84. The molecule has 3 aromatic heterocycles. The Hall–Kier alpha value is -6.42. The van der Waals surface area contributed by atoms with Crippen LogP contribution in [0.5, 0.6) is 0 Å². The van der Waals surface area contributed by atoms with E-state index in [2.05, 4.69) is 59.2 Å². The fourth-order valence-corrected chi connectivity index (χ4v) is 8.80. The summed E-state index contributed by atoms with van der Waals surface area (Å²) in [5.74, 6) is 0. The van der Waals surface area contributed by atoms with Gasteiger partial charge in [0.05, 0.1) is 31.7 Å². The van der Waals surface area contributed by atoms with E-state index in [1.165, 1.54) is 0 Å². The third-order valence-corrected chi connectivity index (χ3v) is 11.1. The second-order valence-corrected chi connectivity index (χ2v) is 13.9. The summed E-state index contributed by atoms with van der Waals surface area (Å²) in [7, 11) is 0. The average Bonchev–Trinajstić information content (AvgIpc) is 3.93. The van der Waals surface area contributed by atoms with Gasteiger partial charge in [0.15, 0.2) is 0 Å². The molecule has 0 aliphatic heterocycles. The van der Waals surface area contributed by atoms with E-state index in [0.29, 0.717) is 11.3 Å². The first kappa shape index (κ1) is 22.3. The fraction of sp³-hybridized carbons (Fsp3) is 0. The van der Waals surface area contributed by atoms with Crippen LogP contribution < -0.4 is 0 Å². The van der Waals surface area contributed by atoms with Crippen LogP contribution >= 0.6 is 11.3 Å². The van der Waals surface area contributed by atoms with E-state index < -0.39 is 12.1 Å². The summed E-state index contributed by atoms with van der Waals surface area (Å²) < 4.78 is 70.9. The first-order valence-electron chi connectivity index (χ1n) is 20.4. The summed E-state index contributed by atoms with van der Waals surface area (Å²) in [4.78, 5) is 0. The molecule has 0 N–H and O–H groups in total. The van der Waals surface area contributed by atoms with E-state index in [1.807, 2.05) is 84.9 Å². The summed E-state index contributed by atoms with van der Waals surface area (Å²) in [6.07, 6.45) is 0. The van der Waals surface area contributed by atoms with Crippen LogP contribution in [0.2, 0.25) is 0 Å². The van der Waals surface area contributed by atoms with E-state index in [0.717, 1.165) is 58.8 Å². The van der Waals surface area contributed by atoms with Crippen LogP contribution in [-0.2, 0) is 0 Å². The van der Waals surface area contributed by atoms with Gasteiger partial charge in [-0.15, -0.1) is 11.3 Å². The highest BCUT2D eigenvalue weighted by Gasteiger charge is 2.18. The second kappa shape index (κ2) is 11.0. The normalized spacial score (nSPS) is 13.8. The summed E-state index contributed by atoms with van der Waals surface area (Å²) in [5.41, 5.74) is 6.79. The lowest BCUT2D eigenvalue weighted by Gasteiger charge is -2.10. The lowest BCUT2D eigenvalue weighted by Crippen LogP contribution is -1.93. The van der Waals surface area contributed by atoms with Gasteiger partial charge in [0.25, 0.3) is 0 Å². The standard InChI is InChI=1S/C48H30N2S/c1-3-12-31(13-4-1)36-18-11-20-45-48(36)41-29-33(23-26-44(41)49(45)34-14-5-2-6-15-34)32-22-25-43-39(28-32)37-16-7-9-19-42(37)50(43)35-24-27-47-40(30-35)38-17-8-10-21-46(38)51-47/h1-30H/i7D,9D,16D,19D,22D,25D,28D. The van der Waals surface area contributed by atoms with Crippen molar-refractivity contribution >= 4 is 75.1 Å². The molecule has 11 aromatic rings. The van der Waals surface area contributed by atoms with Crippen LogP contribution in [0.25, 0.3) is 97.4 Å². The fourth-order valence-electron chi connectivity index (χ4n) is 7.71. The Morgan fingerprint density at radius 3 is 2.08 bits per heavy atom. The molecule has 8 aromatic carbocycles. The molecule has 0 aliphatic rings. The van der Waals surface area contributed by atoms with Crippen LogP contribution in [0.1, 0.15) is 9.60 Å². The smallest absolute Gasteiger partial charge is 0.0645 e. The van der Waals surface area contributed by atoms with Gasteiger partial charge in [-0.05, 0) is 95.0 Å². The van der Waals surface area contributed by atoms with Gasteiger partial charge in [-0.25, -0.2) is 0 Å². The third-order valence-electron chi connectivity index (χ3n) is 9.95. The maximum atomic E-state index is 9.89. The Morgan fingerprint density at radius 2 is 1.18 bits per heavy atom. The molecule has 51 heavy (non-hydrogen) atoms. The first-order chi connectivity index (χ1) is 28.2. The zero-order valence-electron chi connectivity index (χ0n) is 34.1. The molecule has 0 aliphatic carbocycles. The van der Waals surface area contributed by atoms with Crippen molar-refractivity contribution in [1.29, 1.82) is 0 Å². The van der Waals surface area contributed by atoms with Gasteiger partial charge in [0.2, 0.25) is 0 Å². The highest BCUT2D eigenvalue weighted by atomic mass is 32.1. The molecule has 0 fully saturated rings. The molecule has 0 spiro atoms. The number of fused-ring (bicyclic) bond motifs is 9. The zero-order valence-corrected chi connectivity index (χ0v) is 27.9. The van der Waals surface area contributed by atoms with Crippen LogP contribution in [0.3, 0.4) is 0 Å². The maximum Gasteiger partial charge on any atom is 0.0645 e. The van der Waals surface area contributed by atoms with Crippen molar-refractivity contribution in [2.45, 2.75) is 0 Å². The highest BCUT2D eigenvalue weighted by Crippen LogP contribution is 2.42. The summed E-state index contributed by atoms with van der Waals surface area (Å²) in [6.45, 7) is 0. The van der Waals surface area contributed by atoms with E-state index in [4.69, 9.17) is 2.74 Å². The molecule has 0 saturated heterocycles. The van der Waals surface area contributed by atoms with Crippen molar-refractivity contribution in [2.75, 3.05) is 0 Å². The van der Waals surface area contributed by atoms with Crippen molar-refractivity contribution in [2.24, 2.45) is 0 Å². The second-order valence-electron chi connectivity index (χ2n) is 12.8. The third kappa shape index (κ3) is 4.29. The molecule has 0 saturated carbocycles. The van der Waals surface area contributed by atoms with Gasteiger partial charge < -0.3 is 9.13 Å². The van der Waals surface area contributed by atoms with Gasteiger partial charge >= 0.3 is 0 Å². The number of hydrogen-bond acceptors (Lipinski definition) is 1. The number of benzene rings is 8. The van der Waals surface area contributed by atoms with Crippen LogP contribution in [-0.4, -0.2) is 9.13 Å². The van der Waals surface area contributed by atoms with E-state index >= 15 is 0 Å². The molecule has 3 heteroatoms. The van der Waals surface area contributed by atoms with E-state index in [9.17, 15) is 6.85 Å². The molecule has 0 atom stereocenters. The van der Waals surface area contributed by atoms with Crippen LogP contribution in [0.4, 0.5) is 0 Å². The predicted octanol–water partition coefficient (Wildman–Crippen LogP) is 13.6. The Labute approximate surface area is 308 Å². The largest absolute Gasteiger partial charge is 0.309 e. The van der Waals surface area contributed by atoms with Gasteiger partial charge in [-0.3, -0.25) is 0 Å². The van der Waals surface area contributed by atoms with Crippen molar-refractivity contribution in [3.63, 3.8) is 0 Å². The molecule has 0 bridgehead atoms. The number of para-hydroxylation sites is 2. The molecule has 2 nitrogen and oxygen atoms in total. The summed E-state index contributed by atoms with van der Waals surface area (Å²) in [6, 6.07) is 44.8. The Bertz CT molecular complexity index is 3530. The Balaban J connectivity index is 1.24. The topological polar surface area (TPSA) is 9.86 Å². The monoisotopic (exact) mass is 673 g/mol. The summed E-state index contributed by atoms with van der Waals surface area (Å²) in [5, 5.41) is 4.34. The number of thiophene rings is 1. The molecule has 11 rings (SSSR count). The van der Waals surface area contributed by atoms with Crippen LogP contribution in [0, 0.1) is 0 Å². The lowest BCUT2D eigenvalue weighted by atomic mass is 9.97. The lowest BCUT2D eigenvalue weighted by molar-refractivity contribution is 1.18. The first-order valence-corrected chi connectivity index (χ1v) is 17.7. The van der Waals surface area contributed by atoms with Crippen molar-refractivity contribution < 1.29 is 9.60 Å². The minimum absolute atomic E-state index is 0.0683. The van der Waals surface area contributed by atoms with Gasteiger partial charge in [-0.1, -0.05) is 109 Å². The predicted molar refractivity (Wildman–Crippen MR) is 219 cm³/mol. The van der Waals surface area contributed by atoms with Crippen molar-refractivity contribution in [3.8, 4) is 33.6 Å². The molecule has 0 unspecified atom stereocenters. The molecule has 3 heterocycles. The van der Waals surface area contributed by atoms with Crippen LogP contribution in [0.15, 0.2) is 182 Å². The molecule has 0 radical (unpaired) electrons. The van der Waals surface area contributed by atoms with Gasteiger partial charge in [-0.2, -0.15) is 0 Å². The SMILES string of the molecule is [2H]c1c([2H])c([2H])c2c(c1[2H])c1c([2H])c(-c3ccc4c(c3)c3c(-c5ccccc5)cccc3n4-c3ccccc3)c([2H])c([2H])c1n2-c1ccc2sc3ccccc3c2c1. The maximum absolute atomic E-state index is 9.89. The number of aromatic nitrogens is 2. The minimum atomic E-state index is -0.415. The molecular weight excluding hydrogens is 637 g/mol. The Morgan fingerprint density at radius 1 is 0.412 bits per heavy atom. The minimum Gasteiger partial charge on any atom is -0.309 e. The van der Waals surface area contributed by atoms with E-state index in [1.54, 1.807) is 15.9 Å². The quantitative estimate of drug-likeness (QED) is 0.176. The number of nitrogens with zero attached hydrogens (tertiary/aromatic N) is 2. The summed E-state index contributed by atoms with van der Waals surface area (Å²) >= 11 is 1.66. The van der Waals surface area contributed by atoms with Crippen molar-refractivity contribution in [3.05, 3.63) is 182 Å². The van der Waals surface area contributed by atoms with E-state index in [-0.39, 0.29) is 57.6 Å². The highest BCUT2D eigenvalue weighted by molar-refractivity contribution is 7.25. The van der Waals surface area contributed by atoms with Gasteiger partial charge in [0, 0.05) is 53.1 Å². The zero-order chi connectivity index (χ0) is 39.6. The van der Waals surface area contributed by atoms with Crippen molar-refractivity contribution in [1.82, 2.24) is 9.13 Å². The average molecular weight is 674 g/mol. The van der Waals surface area contributed by atoms with Gasteiger partial charge in [0.1, 0.15) is 0 Å². The number of hydrogen-bond donors (Lipinski definition) is 0. The molecule has 0 amide bonds. The molecular formula is C48H30N2S. The number of rotatable bonds is 4.